The average Bonchev–Trinajstić information content (AvgIpc) is 3.09. The number of ether oxygens (including phenoxy) is 1. The van der Waals surface area contributed by atoms with Crippen molar-refractivity contribution in [2.45, 2.75) is 173 Å². The normalized spacial score (nSPS) is 20.1. The first kappa shape index (κ1) is 32.8. The SMILES string of the molecule is CCCCCCC(O)(CCCCCC)[C@@](O)(CCCCCC)[C@@]1(CCCCCC)OC(=O)C(O)=C1O. The van der Waals surface area contributed by atoms with Crippen molar-refractivity contribution in [3.05, 3.63) is 11.5 Å². The molecular weight excluding hydrogens is 456 g/mol. The fraction of sp³-hybridized carbons (Fsp3) is 0.900. The second kappa shape index (κ2) is 16.5. The van der Waals surface area contributed by atoms with Crippen molar-refractivity contribution in [2.24, 2.45) is 0 Å². The molecular formula is C30H56O6. The Balaban J connectivity index is 3.51. The molecule has 0 saturated heterocycles. The van der Waals surface area contributed by atoms with Crippen molar-refractivity contribution in [3.8, 4) is 0 Å². The predicted molar refractivity (Wildman–Crippen MR) is 146 cm³/mol. The molecule has 1 rings (SSSR count). The highest BCUT2D eigenvalue weighted by Gasteiger charge is 2.68. The molecule has 0 aliphatic carbocycles. The van der Waals surface area contributed by atoms with E-state index in [-0.39, 0.29) is 12.8 Å². The first-order valence-corrected chi connectivity index (χ1v) is 15.0. The number of carbonyl (C=O) groups is 1. The van der Waals surface area contributed by atoms with Gasteiger partial charge >= 0.3 is 5.97 Å². The van der Waals surface area contributed by atoms with E-state index in [1.54, 1.807) is 0 Å². The van der Waals surface area contributed by atoms with E-state index < -0.39 is 34.3 Å². The summed E-state index contributed by atoms with van der Waals surface area (Å²) in [6.07, 6.45) is 15.7. The maximum Gasteiger partial charge on any atom is 0.378 e. The summed E-state index contributed by atoms with van der Waals surface area (Å²) < 4.78 is 5.75. The summed E-state index contributed by atoms with van der Waals surface area (Å²) in [7, 11) is 0. The van der Waals surface area contributed by atoms with Gasteiger partial charge in [0.2, 0.25) is 11.4 Å². The summed E-state index contributed by atoms with van der Waals surface area (Å²) in [5.74, 6) is -2.46. The Morgan fingerprint density at radius 2 is 1.06 bits per heavy atom. The van der Waals surface area contributed by atoms with Gasteiger partial charge < -0.3 is 25.2 Å². The largest absolute Gasteiger partial charge is 0.505 e. The predicted octanol–water partition coefficient (Wildman–Crippen LogP) is 7.95. The Labute approximate surface area is 220 Å². The van der Waals surface area contributed by atoms with Crippen molar-refractivity contribution < 1.29 is 30.0 Å². The van der Waals surface area contributed by atoms with Crippen LogP contribution < -0.4 is 0 Å². The monoisotopic (exact) mass is 512 g/mol. The quantitative estimate of drug-likeness (QED) is 0.0866. The summed E-state index contributed by atoms with van der Waals surface area (Å²) in [6.45, 7) is 8.49. The van der Waals surface area contributed by atoms with Crippen molar-refractivity contribution in [1.29, 1.82) is 0 Å². The van der Waals surface area contributed by atoms with Gasteiger partial charge in [-0.2, -0.15) is 0 Å². The van der Waals surface area contributed by atoms with Crippen molar-refractivity contribution in [1.82, 2.24) is 0 Å². The zero-order chi connectivity index (χ0) is 27.1. The molecule has 0 aromatic carbocycles. The van der Waals surface area contributed by atoms with Crippen LogP contribution in [0.15, 0.2) is 11.5 Å². The molecule has 0 spiro atoms. The lowest BCUT2D eigenvalue weighted by Gasteiger charge is -2.53. The Morgan fingerprint density at radius 1 is 0.639 bits per heavy atom. The van der Waals surface area contributed by atoms with Gasteiger partial charge in [-0.15, -0.1) is 0 Å². The Morgan fingerprint density at radius 3 is 1.44 bits per heavy atom. The molecule has 36 heavy (non-hydrogen) atoms. The van der Waals surface area contributed by atoms with E-state index in [9.17, 15) is 25.2 Å². The molecule has 0 radical (unpaired) electrons. The number of hydrogen-bond donors (Lipinski definition) is 4. The van der Waals surface area contributed by atoms with E-state index in [4.69, 9.17) is 4.74 Å². The lowest BCUT2D eigenvalue weighted by atomic mass is 9.62. The van der Waals surface area contributed by atoms with Crippen LogP contribution in [0.2, 0.25) is 0 Å². The summed E-state index contributed by atoms with van der Waals surface area (Å²) in [5, 5.41) is 46.5. The third kappa shape index (κ3) is 8.11. The first-order valence-electron chi connectivity index (χ1n) is 15.0. The fourth-order valence-electron chi connectivity index (χ4n) is 5.85. The molecule has 6 heteroatoms. The van der Waals surface area contributed by atoms with Gasteiger partial charge in [-0.1, -0.05) is 124 Å². The van der Waals surface area contributed by atoms with Crippen LogP contribution in [0.25, 0.3) is 0 Å². The highest BCUT2D eigenvalue weighted by atomic mass is 16.6. The van der Waals surface area contributed by atoms with E-state index >= 15 is 0 Å². The number of unbranched alkanes of at least 4 members (excludes halogenated alkanes) is 12. The second-order valence-corrected chi connectivity index (χ2v) is 11.0. The summed E-state index contributed by atoms with van der Waals surface area (Å²) in [5.41, 5.74) is -5.29. The highest BCUT2D eigenvalue weighted by molar-refractivity contribution is 5.90. The molecule has 0 aromatic heterocycles. The van der Waals surface area contributed by atoms with Crippen LogP contribution in [0.3, 0.4) is 0 Å². The van der Waals surface area contributed by atoms with Crippen molar-refractivity contribution >= 4 is 5.97 Å². The molecule has 0 unspecified atom stereocenters. The van der Waals surface area contributed by atoms with Crippen LogP contribution in [-0.2, 0) is 9.53 Å². The van der Waals surface area contributed by atoms with Gasteiger partial charge in [0, 0.05) is 0 Å². The van der Waals surface area contributed by atoms with Crippen LogP contribution >= 0.6 is 0 Å². The van der Waals surface area contributed by atoms with E-state index in [1.165, 1.54) is 0 Å². The molecule has 0 amide bonds. The highest BCUT2D eigenvalue weighted by Crippen LogP contribution is 2.53. The average molecular weight is 513 g/mol. The molecule has 1 aliphatic heterocycles. The lowest BCUT2D eigenvalue weighted by Crippen LogP contribution is -2.68. The van der Waals surface area contributed by atoms with Gasteiger partial charge in [0.15, 0.2) is 5.76 Å². The minimum Gasteiger partial charge on any atom is -0.505 e. The smallest absolute Gasteiger partial charge is 0.378 e. The van der Waals surface area contributed by atoms with Crippen LogP contribution in [0.1, 0.15) is 156 Å². The van der Waals surface area contributed by atoms with Gasteiger partial charge in [0.05, 0.1) is 5.60 Å². The molecule has 0 bridgehead atoms. The topological polar surface area (TPSA) is 107 Å². The Hall–Kier alpha value is -1.27. The van der Waals surface area contributed by atoms with Crippen LogP contribution in [-0.4, -0.2) is 43.2 Å². The standard InChI is InChI=1S/C30H56O6/c1-5-9-13-17-21-28(34,22-18-14-10-6-2)30(35,24-20-16-12-8-4)29(23-19-15-11-7-3)26(32)25(31)27(33)36-29/h31-32,34-35H,5-24H2,1-4H3/t29-,30-/m0/s1. The number of hydrogen-bond acceptors (Lipinski definition) is 6. The molecule has 0 saturated carbocycles. The molecule has 0 fully saturated rings. The number of aliphatic hydroxyl groups is 4. The number of cyclic esters (lactones) is 1. The van der Waals surface area contributed by atoms with Gasteiger partial charge in [0.1, 0.15) is 5.60 Å². The summed E-state index contributed by atoms with van der Waals surface area (Å²) >= 11 is 0. The molecule has 2 atom stereocenters. The maximum absolute atomic E-state index is 12.6. The molecule has 1 aliphatic rings. The van der Waals surface area contributed by atoms with E-state index in [0.717, 1.165) is 89.9 Å². The molecule has 212 valence electrons. The fourth-order valence-corrected chi connectivity index (χ4v) is 5.85. The Bertz CT molecular complexity index is 648. The van der Waals surface area contributed by atoms with Crippen LogP contribution in [0, 0.1) is 0 Å². The number of esters is 1. The van der Waals surface area contributed by atoms with Gasteiger partial charge in [-0.05, 0) is 32.1 Å². The van der Waals surface area contributed by atoms with Crippen LogP contribution in [0.4, 0.5) is 0 Å². The minimum absolute atomic E-state index is 0.172. The third-order valence-corrected chi connectivity index (χ3v) is 8.17. The van der Waals surface area contributed by atoms with Gasteiger partial charge in [-0.3, -0.25) is 0 Å². The van der Waals surface area contributed by atoms with Gasteiger partial charge in [0.25, 0.3) is 0 Å². The minimum atomic E-state index is -1.90. The number of carbonyl (C=O) groups excluding carboxylic acids is 1. The third-order valence-electron chi connectivity index (χ3n) is 8.17. The second-order valence-electron chi connectivity index (χ2n) is 11.0. The van der Waals surface area contributed by atoms with Crippen molar-refractivity contribution in [3.63, 3.8) is 0 Å². The zero-order valence-corrected chi connectivity index (χ0v) is 23.7. The summed E-state index contributed by atoms with van der Waals surface area (Å²) in [6, 6.07) is 0. The molecule has 1 heterocycles. The van der Waals surface area contributed by atoms with E-state index in [1.807, 2.05) is 0 Å². The summed E-state index contributed by atoms with van der Waals surface area (Å²) in [4.78, 5) is 12.6. The Kier molecular flexibility index (Phi) is 15.1. The van der Waals surface area contributed by atoms with Crippen LogP contribution in [0.5, 0.6) is 0 Å². The maximum atomic E-state index is 12.6. The molecule has 0 aromatic rings. The number of rotatable bonds is 22. The van der Waals surface area contributed by atoms with E-state index in [2.05, 4.69) is 27.7 Å². The van der Waals surface area contributed by atoms with E-state index in [0.29, 0.717) is 25.7 Å². The lowest BCUT2D eigenvalue weighted by molar-refractivity contribution is -0.256. The zero-order valence-electron chi connectivity index (χ0n) is 23.7. The molecule has 4 N–H and O–H groups in total. The number of aliphatic hydroxyl groups excluding tert-OH is 2. The molecule has 6 nitrogen and oxygen atoms in total. The first-order chi connectivity index (χ1) is 17.2. The van der Waals surface area contributed by atoms with Crippen molar-refractivity contribution in [2.75, 3.05) is 0 Å². The van der Waals surface area contributed by atoms with Gasteiger partial charge in [-0.25, -0.2) is 4.79 Å².